The highest BCUT2D eigenvalue weighted by Crippen LogP contribution is 2.36. The second-order valence-corrected chi connectivity index (χ2v) is 9.59. The Morgan fingerprint density at radius 2 is 2.00 bits per heavy atom. The number of hydrogen-bond donors (Lipinski definition) is 1. The van der Waals surface area contributed by atoms with E-state index in [-0.39, 0.29) is 24.2 Å². The van der Waals surface area contributed by atoms with Crippen molar-refractivity contribution in [3.63, 3.8) is 0 Å². The van der Waals surface area contributed by atoms with Gasteiger partial charge in [-0.1, -0.05) is 17.7 Å². The first kappa shape index (κ1) is 22.9. The molecule has 6 nitrogen and oxygen atoms in total. The van der Waals surface area contributed by atoms with Crippen molar-refractivity contribution in [2.45, 2.75) is 52.0 Å². The molecule has 2 N–H and O–H groups in total. The van der Waals surface area contributed by atoms with E-state index in [9.17, 15) is 9.59 Å². The number of halogens is 1. The van der Waals surface area contributed by atoms with Gasteiger partial charge in [0.1, 0.15) is 5.75 Å². The zero-order chi connectivity index (χ0) is 21.7. The van der Waals surface area contributed by atoms with E-state index in [2.05, 4.69) is 18.7 Å². The molecule has 2 aliphatic rings. The third-order valence-corrected chi connectivity index (χ3v) is 6.71. The number of carbonyl (C=O) groups is 2. The van der Waals surface area contributed by atoms with Gasteiger partial charge in [0, 0.05) is 41.9 Å². The first-order valence-corrected chi connectivity index (χ1v) is 11.4. The van der Waals surface area contributed by atoms with Crippen LogP contribution in [0.4, 0.5) is 0 Å². The van der Waals surface area contributed by atoms with Gasteiger partial charge in [-0.3, -0.25) is 9.59 Å². The molecule has 2 fully saturated rings. The summed E-state index contributed by atoms with van der Waals surface area (Å²) in [6, 6.07) is 7.74. The van der Waals surface area contributed by atoms with Gasteiger partial charge in [-0.15, -0.1) is 0 Å². The molecule has 0 spiro atoms. The van der Waals surface area contributed by atoms with Crippen LogP contribution >= 0.6 is 11.6 Å². The quantitative estimate of drug-likeness (QED) is 0.712. The highest BCUT2D eigenvalue weighted by Gasteiger charge is 2.41. The third-order valence-electron chi connectivity index (χ3n) is 6.47. The Kier molecular flexibility index (Phi) is 7.64. The number of rotatable bonds is 7. The number of amides is 2. The first-order valence-electron chi connectivity index (χ1n) is 11.0. The molecule has 7 heteroatoms. The van der Waals surface area contributed by atoms with Gasteiger partial charge in [0.2, 0.25) is 11.8 Å². The van der Waals surface area contributed by atoms with Crippen LogP contribution in [0.5, 0.6) is 5.75 Å². The number of likely N-dealkylation sites (tertiary alicyclic amines) is 2. The summed E-state index contributed by atoms with van der Waals surface area (Å²) in [5.74, 6) is 0.591. The van der Waals surface area contributed by atoms with Crippen LogP contribution in [-0.4, -0.2) is 60.4 Å². The fourth-order valence-electron chi connectivity index (χ4n) is 4.79. The van der Waals surface area contributed by atoms with Crippen LogP contribution in [-0.2, 0) is 9.59 Å². The van der Waals surface area contributed by atoms with Gasteiger partial charge in [0.25, 0.3) is 0 Å². The van der Waals surface area contributed by atoms with Crippen molar-refractivity contribution < 1.29 is 14.3 Å². The van der Waals surface area contributed by atoms with Crippen molar-refractivity contribution >= 4 is 23.4 Å². The fraction of sp³-hybridized carbons (Fsp3) is 0.652. The molecule has 2 amide bonds. The molecule has 166 valence electrons. The molecule has 2 heterocycles. The van der Waals surface area contributed by atoms with Crippen LogP contribution in [0.25, 0.3) is 0 Å². The minimum atomic E-state index is -0.458. The van der Waals surface area contributed by atoms with Gasteiger partial charge >= 0.3 is 0 Å². The van der Waals surface area contributed by atoms with Crippen molar-refractivity contribution in [3.05, 3.63) is 29.3 Å². The molecule has 0 bridgehead atoms. The Morgan fingerprint density at radius 1 is 1.27 bits per heavy atom. The molecule has 0 radical (unpaired) electrons. The van der Waals surface area contributed by atoms with Crippen molar-refractivity contribution in [3.8, 4) is 5.75 Å². The van der Waals surface area contributed by atoms with Crippen molar-refractivity contribution in [1.82, 2.24) is 9.80 Å². The number of ether oxygens (including phenoxy) is 1. The van der Waals surface area contributed by atoms with Crippen LogP contribution in [0.3, 0.4) is 0 Å². The second-order valence-electron chi connectivity index (χ2n) is 9.16. The SMILES string of the molecule is CC(C)N1CCC(C(=O)N2CCC[C@](COc3cccc(Cl)c3)(CC(N)=O)C2)CC1. The molecule has 3 rings (SSSR count). The largest absolute Gasteiger partial charge is 0.493 e. The third kappa shape index (κ3) is 5.88. The number of nitrogens with two attached hydrogens (primary N) is 1. The Hall–Kier alpha value is -1.79. The number of primary amides is 1. The van der Waals surface area contributed by atoms with Gasteiger partial charge < -0.3 is 20.3 Å². The summed E-state index contributed by atoms with van der Waals surface area (Å²) in [4.78, 5) is 29.5. The zero-order valence-electron chi connectivity index (χ0n) is 18.1. The highest BCUT2D eigenvalue weighted by molar-refractivity contribution is 6.30. The van der Waals surface area contributed by atoms with E-state index in [1.807, 2.05) is 17.0 Å². The van der Waals surface area contributed by atoms with E-state index in [1.165, 1.54) is 0 Å². The lowest BCUT2D eigenvalue weighted by atomic mass is 9.77. The number of hydrogen-bond acceptors (Lipinski definition) is 4. The van der Waals surface area contributed by atoms with Crippen LogP contribution < -0.4 is 10.5 Å². The molecule has 1 atom stereocenters. The predicted octanol–water partition coefficient (Wildman–Crippen LogP) is 3.32. The average molecular weight is 436 g/mol. The molecule has 0 saturated carbocycles. The summed E-state index contributed by atoms with van der Waals surface area (Å²) >= 11 is 6.06. The fourth-order valence-corrected chi connectivity index (χ4v) is 4.97. The summed E-state index contributed by atoms with van der Waals surface area (Å²) in [7, 11) is 0. The molecule has 30 heavy (non-hydrogen) atoms. The van der Waals surface area contributed by atoms with Crippen molar-refractivity contribution in [2.24, 2.45) is 17.1 Å². The van der Waals surface area contributed by atoms with Crippen molar-refractivity contribution in [1.29, 1.82) is 0 Å². The maximum Gasteiger partial charge on any atom is 0.225 e. The van der Waals surface area contributed by atoms with Crippen LogP contribution in [0.2, 0.25) is 5.02 Å². The Bertz CT molecular complexity index is 749. The normalized spacial score (nSPS) is 23.5. The van der Waals surface area contributed by atoms with Gasteiger partial charge in [0.05, 0.1) is 6.61 Å². The lowest BCUT2D eigenvalue weighted by Gasteiger charge is -2.44. The summed E-state index contributed by atoms with van der Waals surface area (Å²) in [5.41, 5.74) is 5.13. The standard InChI is InChI=1S/C23H34ClN3O3/c1-17(2)26-11-7-18(8-12-26)22(29)27-10-4-9-23(15-27,14-21(25)28)16-30-20-6-3-5-19(24)13-20/h3,5-6,13,17-18H,4,7-12,14-16H2,1-2H3,(H2,25,28)/t23-/m0/s1. The first-order chi connectivity index (χ1) is 14.3. The molecule has 1 aromatic rings. The Morgan fingerprint density at radius 3 is 2.63 bits per heavy atom. The maximum absolute atomic E-state index is 13.3. The lowest BCUT2D eigenvalue weighted by molar-refractivity contribution is -0.143. The molecule has 0 aromatic heterocycles. The molecule has 0 aliphatic carbocycles. The van der Waals surface area contributed by atoms with Gasteiger partial charge in [-0.25, -0.2) is 0 Å². The van der Waals surface area contributed by atoms with Crippen LogP contribution in [0.1, 0.15) is 46.0 Å². The predicted molar refractivity (Wildman–Crippen MR) is 118 cm³/mol. The smallest absolute Gasteiger partial charge is 0.225 e. The summed E-state index contributed by atoms with van der Waals surface area (Å²) in [6.07, 6.45) is 3.67. The van der Waals surface area contributed by atoms with E-state index >= 15 is 0 Å². The average Bonchev–Trinajstić information content (AvgIpc) is 2.71. The number of piperidine rings is 2. The topological polar surface area (TPSA) is 75.9 Å². The Labute approximate surface area is 184 Å². The molecule has 1 aromatic carbocycles. The van der Waals surface area contributed by atoms with E-state index in [0.29, 0.717) is 30.0 Å². The minimum Gasteiger partial charge on any atom is -0.493 e. The molecule has 0 unspecified atom stereocenters. The summed E-state index contributed by atoms with van der Waals surface area (Å²) in [5, 5.41) is 0.602. The number of benzene rings is 1. The maximum atomic E-state index is 13.3. The molecule has 2 saturated heterocycles. The van der Waals surface area contributed by atoms with E-state index in [4.69, 9.17) is 22.1 Å². The minimum absolute atomic E-state index is 0.0678. The summed E-state index contributed by atoms with van der Waals surface area (Å²) < 4.78 is 6.01. The van der Waals surface area contributed by atoms with E-state index < -0.39 is 5.41 Å². The number of carbonyl (C=O) groups excluding carboxylic acids is 2. The van der Waals surface area contributed by atoms with E-state index in [0.717, 1.165) is 45.3 Å². The molecular weight excluding hydrogens is 402 g/mol. The molecular formula is C23H34ClN3O3. The van der Waals surface area contributed by atoms with E-state index in [1.54, 1.807) is 12.1 Å². The monoisotopic (exact) mass is 435 g/mol. The summed E-state index contributed by atoms with van der Waals surface area (Å²) in [6.45, 7) is 7.92. The Balaban J connectivity index is 1.66. The van der Waals surface area contributed by atoms with Crippen molar-refractivity contribution in [2.75, 3.05) is 32.8 Å². The highest BCUT2D eigenvalue weighted by atomic mass is 35.5. The van der Waals surface area contributed by atoms with Crippen LogP contribution in [0.15, 0.2) is 24.3 Å². The van der Waals surface area contributed by atoms with Crippen LogP contribution in [0, 0.1) is 11.3 Å². The number of nitrogens with zero attached hydrogens (tertiary/aromatic N) is 2. The van der Waals surface area contributed by atoms with Gasteiger partial charge in [-0.05, 0) is 70.8 Å². The van der Waals surface area contributed by atoms with Gasteiger partial charge in [-0.2, -0.15) is 0 Å². The molecule has 2 aliphatic heterocycles. The zero-order valence-corrected chi connectivity index (χ0v) is 18.9. The van der Waals surface area contributed by atoms with Gasteiger partial charge in [0.15, 0.2) is 0 Å². The second kappa shape index (κ2) is 10.0. The lowest BCUT2D eigenvalue weighted by Crippen LogP contribution is -2.52.